The molecule has 35 heavy (non-hydrogen) atoms. The van der Waals surface area contributed by atoms with Gasteiger partial charge in [-0.05, 0) is 38.7 Å². The molecular formula is C25H32FN7O2. The summed E-state index contributed by atoms with van der Waals surface area (Å²) in [7, 11) is 2.09. The smallest absolute Gasteiger partial charge is 0.230 e. The Kier molecular flexibility index (Phi) is 7.50. The monoisotopic (exact) mass is 481 g/mol. The quantitative estimate of drug-likeness (QED) is 0.367. The second-order valence-corrected chi connectivity index (χ2v) is 8.99. The zero-order valence-corrected chi connectivity index (χ0v) is 20.6. The van der Waals surface area contributed by atoms with E-state index in [1.165, 1.54) is 6.07 Å². The molecule has 9 nitrogen and oxygen atoms in total. The topological polar surface area (TPSA) is 94.3 Å². The van der Waals surface area contributed by atoms with Crippen LogP contribution < -0.4 is 10.1 Å². The molecule has 3 heterocycles. The second kappa shape index (κ2) is 10.7. The van der Waals surface area contributed by atoms with Crippen molar-refractivity contribution in [2.24, 2.45) is 9.98 Å². The Balaban J connectivity index is 1.53. The van der Waals surface area contributed by atoms with Crippen LogP contribution in [-0.2, 0) is 0 Å². The molecule has 0 amide bonds. The van der Waals surface area contributed by atoms with Crippen molar-refractivity contribution in [1.29, 1.82) is 0 Å². The highest BCUT2D eigenvalue weighted by atomic mass is 19.1. The summed E-state index contributed by atoms with van der Waals surface area (Å²) >= 11 is 0. The van der Waals surface area contributed by atoms with Crippen molar-refractivity contribution in [3.05, 3.63) is 53.4 Å². The predicted molar refractivity (Wildman–Crippen MR) is 137 cm³/mol. The lowest BCUT2D eigenvalue weighted by molar-refractivity contribution is 0.214. The number of aromatic amines is 1. The van der Waals surface area contributed by atoms with Crippen LogP contribution in [0.4, 0.5) is 10.3 Å². The van der Waals surface area contributed by atoms with Crippen molar-refractivity contribution in [2.75, 3.05) is 45.3 Å². The van der Waals surface area contributed by atoms with E-state index in [0.717, 1.165) is 43.0 Å². The zero-order valence-electron chi connectivity index (χ0n) is 20.6. The number of likely N-dealkylation sites (N-methyl/N-ethyl adjacent to an activating group) is 1. The number of nitrogens with zero attached hydrogens (tertiary/aromatic N) is 5. The van der Waals surface area contributed by atoms with E-state index in [1.54, 1.807) is 12.1 Å². The van der Waals surface area contributed by atoms with Gasteiger partial charge in [0.1, 0.15) is 17.4 Å². The minimum Gasteiger partial charge on any atom is -0.471 e. The van der Waals surface area contributed by atoms with Crippen LogP contribution in [0, 0.1) is 12.7 Å². The third-order valence-electron chi connectivity index (χ3n) is 5.88. The molecule has 3 aromatic rings. The minimum absolute atomic E-state index is 0.0246. The SMILES string of the molecule is C=N/C(=C\C(=N/COc1cc(F)c2[nH]c(C)cc2c1)N1CCN(C)CC1)Nc1cc(C(C)C)no1. The summed E-state index contributed by atoms with van der Waals surface area (Å²) in [6.45, 7) is 13.1. The lowest BCUT2D eigenvalue weighted by Crippen LogP contribution is -2.47. The van der Waals surface area contributed by atoms with E-state index < -0.39 is 0 Å². The summed E-state index contributed by atoms with van der Waals surface area (Å²) < 4.78 is 25.6. The summed E-state index contributed by atoms with van der Waals surface area (Å²) in [6.07, 6.45) is 1.80. The Hall–Kier alpha value is -3.66. The fraction of sp³-hybridized carbons (Fsp3) is 0.400. The number of halogens is 1. The number of anilines is 1. The fourth-order valence-corrected chi connectivity index (χ4v) is 3.83. The first-order valence-electron chi connectivity index (χ1n) is 11.6. The van der Waals surface area contributed by atoms with E-state index >= 15 is 0 Å². The van der Waals surface area contributed by atoms with Gasteiger partial charge in [-0.15, -0.1) is 0 Å². The molecule has 0 saturated carbocycles. The molecule has 186 valence electrons. The molecule has 0 radical (unpaired) electrons. The fourth-order valence-electron chi connectivity index (χ4n) is 3.83. The molecular weight excluding hydrogens is 449 g/mol. The number of aryl methyl sites for hydroxylation is 1. The number of aromatic nitrogens is 2. The Labute approximate surface area is 204 Å². The van der Waals surface area contributed by atoms with Crippen LogP contribution >= 0.6 is 0 Å². The maximum Gasteiger partial charge on any atom is 0.230 e. The average Bonchev–Trinajstić information content (AvgIpc) is 3.45. The van der Waals surface area contributed by atoms with Gasteiger partial charge in [-0.1, -0.05) is 19.0 Å². The summed E-state index contributed by atoms with van der Waals surface area (Å²) in [4.78, 5) is 16.2. The predicted octanol–water partition coefficient (Wildman–Crippen LogP) is 4.36. The zero-order chi connectivity index (χ0) is 24.9. The Morgan fingerprint density at radius 2 is 2.06 bits per heavy atom. The number of fused-ring (bicyclic) bond motifs is 1. The van der Waals surface area contributed by atoms with E-state index in [0.29, 0.717) is 28.8 Å². The molecule has 1 aliphatic rings. The number of benzene rings is 1. The molecule has 0 aliphatic carbocycles. The molecule has 4 rings (SSSR count). The highest BCUT2D eigenvalue weighted by molar-refractivity contribution is 5.94. The van der Waals surface area contributed by atoms with Gasteiger partial charge >= 0.3 is 0 Å². The normalized spacial score (nSPS) is 15.8. The van der Waals surface area contributed by atoms with Gasteiger partial charge in [-0.3, -0.25) is 0 Å². The third-order valence-corrected chi connectivity index (χ3v) is 5.88. The highest BCUT2D eigenvalue weighted by Gasteiger charge is 2.18. The van der Waals surface area contributed by atoms with Gasteiger partial charge in [0.2, 0.25) is 5.88 Å². The number of piperazine rings is 1. The molecule has 0 unspecified atom stereocenters. The van der Waals surface area contributed by atoms with E-state index in [1.807, 2.05) is 32.9 Å². The molecule has 1 aliphatic heterocycles. The first-order chi connectivity index (χ1) is 16.8. The lowest BCUT2D eigenvalue weighted by atomic mass is 10.1. The summed E-state index contributed by atoms with van der Waals surface area (Å²) in [6, 6.07) is 6.90. The Bertz CT molecular complexity index is 1240. The second-order valence-electron chi connectivity index (χ2n) is 8.99. The standard InChI is InChI=1S/C25H32FN7O2/c1-16(2)21-13-24(35-31-21)30-22(27-4)14-23(33-8-6-32(5)7-9-33)28-15-34-19-11-18-10-17(3)29-25(18)20(26)12-19/h10-14,16,29-30H,4,6-9,15H2,1-3,5H3/b22-14+,28-23+. The summed E-state index contributed by atoms with van der Waals surface area (Å²) in [5, 5.41) is 7.94. The lowest BCUT2D eigenvalue weighted by Gasteiger charge is -2.33. The molecule has 0 bridgehead atoms. The first kappa shape index (κ1) is 24.5. The maximum absolute atomic E-state index is 14.4. The van der Waals surface area contributed by atoms with Crippen LogP contribution in [0.5, 0.6) is 5.75 Å². The number of nitrogens with one attached hydrogen (secondary N) is 2. The molecule has 2 aromatic heterocycles. The van der Waals surface area contributed by atoms with Crippen molar-refractivity contribution in [1.82, 2.24) is 19.9 Å². The summed E-state index contributed by atoms with van der Waals surface area (Å²) in [5.74, 6) is 1.95. The van der Waals surface area contributed by atoms with Crippen LogP contribution in [-0.4, -0.2) is 72.5 Å². The molecule has 10 heteroatoms. The van der Waals surface area contributed by atoms with E-state index in [2.05, 4.69) is 49.0 Å². The Morgan fingerprint density at radius 1 is 1.29 bits per heavy atom. The van der Waals surface area contributed by atoms with Crippen LogP contribution in [0.3, 0.4) is 0 Å². The summed E-state index contributed by atoms with van der Waals surface area (Å²) in [5.41, 5.74) is 2.21. The van der Waals surface area contributed by atoms with Crippen LogP contribution in [0.15, 0.2) is 50.7 Å². The van der Waals surface area contributed by atoms with Crippen molar-refractivity contribution < 1.29 is 13.7 Å². The van der Waals surface area contributed by atoms with Crippen molar-refractivity contribution in [3.8, 4) is 5.75 Å². The average molecular weight is 482 g/mol. The minimum atomic E-state index is -0.357. The molecule has 1 aromatic carbocycles. The maximum atomic E-state index is 14.4. The highest BCUT2D eigenvalue weighted by Crippen LogP contribution is 2.25. The van der Waals surface area contributed by atoms with Gasteiger partial charge in [0.05, 0.1) is 11.2 Å². The molecule has 1 fully saturated rings. The first-order valence-corrected chi connectivity index (χ1v) is 11.6. The molecule has 0 spiro atoms. The molecule has 0 atom stereocenters. The van der Waals surface area contributed by atoms with Crippen LogP contribution in [0.25, 0.3) is 10.9 Å². The van der Waals surface area contributed by atoms with E-state index in [9.17, 15) is 4.39 Å². The number of H-pyrrole nitrogens is 1. The van der Waals surface area contributed by atoms with E-state index in [4.69, 9.17) is 9.26 Å². The van der Waals surface area contributed by atoms with E-state index in [-0.39, 0.29) is 18.5 Å². The molecule has 1 saturated heterocycles. The van der Waals surface area contributed by atoms with Gasteiger partial charge in [0.15, 0.2) is 12.5 Å². The van der Waals surface area contributed by atoms with Gasteiger partial charge < -0.3 is 29.4 Å². The van der Waals surface area contributed by atoms with Crippen molar-refractivity contribution >= 4 is 29.3 Å². The number of hydrogen-bond donors (Lipinski definition) is 2. The van der Waals surface area contributed by atoms with Crippen molar-refractivity contribution in [2.45, 2.75) is 26.7 Å². The van der Waals surface area contributed by atoms with Gasteiger partial charge in [-0.25, -0.2) is 14.4 Å². The largest absolute Gasteiger partial charge is 0.471 e. The van der Waals surface area contributed by atoms with Crippen molar-refractivity contribution in [3.63, 3.8) is 0 Å². The number of amidine groups is 1. The molecule has 2 N–H and O–H groups in total. The third kappa shape index (κ3) is 6.07. The number of ether oxygens (including phenoxy) is 1. The number of hydrogen-bond acceptors (Lipinski definition) is 7. The van der Waals surface area contributed by atoms with Crippen LogP contribution in [0.1, 0.15) is 31.2 Å². The van der Waals surface area contributed by atoms with Crippen LogP contribution in [0.2, 0.25) is 0 Å². The number of aliphatic imine (C=N–C) groups is 2. The van der Waals surface area contributed by atoms with Gasteiger partial charge in [0, 0.05) is 55.5 Å². The van der Waals surface area contributed by atoms with Gasteiger partial charge in [-0.2, -0.15) is 0 Å². The number of rotatable bonds is 8. The van der Waals surface area contributed by atoms with Gasteiger partial charge in [0.25, 0.3) is 0 Å². The Morgan fingerprint density at radius 3 is 2.74 bits per heavy atom.